The lowest BCUT2D eigenvalue weighted by Gasteiger charge is -2.25. The van der Waals surface area contributed by atoms with Gasteiger partial charge in [-0.15, -0.1) is 0 Å². The summed E-state index contributed by atoms with van der Waals surface area (Å²) in [5.41, 5.74) is -0.830. The summed E-state index contributed by atoms with van der Waals surface area (Å²) < 4.78 is 19.0. The molecule has 1 N–H and O–H groups in total. The van der Waals surface area contributed by atoms with Gasteiger partial charge in [0, 0.05) is 6.07 Å². The van der Waals surface area contributed by atoms with E-state index in [0.717, 1.165) is 0 Å². The van der Waals surface area contributed by atoms with Crippen molar-refractivity contribution in [3.63, 3.8) is 0 Å². The van der Waals surface area contributed by atoms with Crippen molar-refractivity contribution in [2.75, 3.05) is 6.61 Å². The van der Waals surface area contributed by atoms with E-state index in [-0.39, 0.29) is 12.4 Å². The highest BCUT2D eigenvalue weighted by atomic mass is 79.9. The molecule has 16 heavy (non-hydrogen) atoms. The number of hydrogen-bond acceptors (Lipinski definition) is 2. The van der Waals surface area contributed by atoms with Gasteiger partial charge in [0.05, 0.1) is 10.1 Å². The Kier molecular flexibility index (Phi) is 4.74. The third-order valence-corrected chi connectivity index (χ3v) is 3.36. The van der Waals surface area contributed by atoms with Crippen LogP contribution in [0.3, 0.4) is 0 Å². The van der Waals surface area contributed by atoms with Crippen LogP contribution in [0.5, 0.6) is 5.75 Å². The van der Waals surface area contributed by atoms with Crippen LogP contribution in [0.15, 0.2) is 22.7 Å². The van der Waals surface area contributed by atoms with Crippen molar-refractivity contribution in [1.82, 2.24) is 0 Å². The molecule has 0 atom stereocenters. The second-order valence-electron chi connectivity index (χ2n) is 3.80. The van der Waals surface area contributed by atoms with E-state index in [0.29, 0.717) is 23.1 Å². The van der Waals surface area contributed by atoms with Gasteiger partial charge in [-0.3, -0.25) is 0 Å². The topological polar surface area (TPSA) is 29.5 Å². The normalized spacial score (nSPS) is 11.6. The second kappa shape index (κ2) is 5.64. The lowest BCUT2D eigenvalue weighted by molar-refractivity contribution is -0.0114. The van der Waals surface area contributed by atoms with Crippen LogP contribution < -0.4 is 4.74 Å². The summed E-state index contributed by atoms with van der Waals surface area (Å²) in [6.45, 7) is 3.98. The molecule has 0 amide bonds. The summed E-state index contributed by atoms with van der Waals surface area (Å²) in [5.74, 6) is 0.0649. The van der Waals surface area contributed by atoms with E-state index in [1.807, 2.05) is 13.8 Å². The molecule has 2 nitrogen and oxygen atoms in total. The van der Waals surface area contributed by atoms with Gasteiger partial charge in [-0.1, -0.05) is 13.8 Å². The molecule has 0 unspecified atom stereocenters. The molecule has 0 spiro atoms. The smallest absolute Gasteiger partial charge is 0.141 e. The van der Waals surface area contributed by atoms with E-state index < -0.39 is 5.60 Å². The summed E-state index contributed by atoms with van der Waals surface area (Å²) in [6, 6.07) is 4.55. The van der Waals surface area contributed by atoms with Crippen molar-refractivity contribution in [2.24, 2.45) is 0 Å². The summed E-state index contributed by atoms with van der Waals surface area (Å²) in [5, 5.41) is 9.99. The van der Waals surface area contributed by atoms with Crippen LogP contribution in [0.1, 0.15) is 26.7 Å². The van der Waals surface area contributed by atoms with Gasteiger partial charge in [-0.05, 0) is 40.9 Å². The third kappa shape index (κ3) is 3.46. The lowest BCUT2D eigenvalue weighted by Crippen LogP contribution is -2.34. The first-order valence-corrected chi connectivity index (χ1v) is 6.10. The molecule has 0 aromatic heterocycles. The van der Waals surface area contributed by atoms with Crippen molar-refractivity contribution in [3.8, 4) is 5.75 Å². The minimum Gasteiger partial charge on any atom is -0.490 e. The van der Waals surface area contributed by atoms with E-state index >= 15 is 0 Å². The van der Waals surface area contributed by atoms with Gasteiger partial charge in [0.25, 0.3) is 0 Å². The molecule has 0 aliphatic rings. The van der Waals surface area contributed by atoms with Gasteiger partial charge in [-0.2, -0.15) is 0 Å². The van der Waals surface area contributed by atoms with Crippen LogP contribution in [0.2, 0.25) is 0 Å². The number of halogens is 2. The van der Waals surface area contributed by atoms with Crippen LogP contribution in [-0.4, -0.2) is 17.3 Å². The maximum Gasteiger partial charge on any atom is 0.141 e. The summed E-state index contributed by atoms with van der Waals surface area (Å²) in [7, 11) is 0. The highest BCUT2D eigenvalue weighted by Crippen LogP contribution is 2.23. The number of hydrogen-bond donors (Lipinski definition) is 1. The van der Waals surface area contributed by atoms with Gasteiger partial charge in [-0.25, -0.2) is 4.39 Å². The number of rotatable bonds is 5. The van der Waals surface area contributed by atoms with E-state index in [1.165, 1.54) is 6.07 Å². The fourth-order valence-electron chi connectivity index (χ4n) is 1.24. The summed E-state index contributed by atoms with van der Waals surface area (Å²) >= 11 is 3.07. The number of benzene rings is 1. The first kappa shape index (κ1) is 13.5. The molecular weight excluding hydrogens is 275 g/mol. The Labute approximate surface area is 104 Å². The zero-order valence-corrected chi connectivity index (χ0v) is 11.1. The van der Waals surface area contributed by atoms with Crippen molar-refractivity contribution in [3.05, 3.63) is 28.5 Å². The molecule has 1 aromatic rings. The van der Waals surface area contributed by atoms with Crippen LogP contribution >= 0.6 is 15.9 Å². The zero-order valence-electron chi connectivity index (χ0n) is 9.46. The Morgan fingerprint density at radius 2 is 2.00 bits per heavy atom. The molecule has 0 bridgehead atoms. The minimum absolute atomic E-state index is 0.182. The Hall–Kier alpha value is -0.610. The quantitative estimate of drug-likeness (QED) is 0.899. The van der Waals surface area contributed by atoms with Gasteiger partial charge in [0.15, 0.2) is 0 Å². The SMILES string of the molecule is CCC(O)(CC)COc1ccc(Br)c(F)c1. The largest absolute Gasteiger partial charge is 0.490 e. The maximum atomic E-state index is 13.2. The molecule has 0 aliphatic carbocycles. The average molecular weight is 291 g/mol. The fraction of sp³-hybridized carbons (Fsp3) is 0.500. The molecule has 0 saturated carbocycles. The second-order valence-corrected chi connectivity index (χ2v) is 4.65. The van der Waals surface area contributed by atoms with Crippen LogP contribution in [-0.2, 0) is 0 Å². The molecule has 1 aromatic carbocycles. The third-order valence-electron chi connectivity index (χ3n) is 2.71. The lowest BCUT2D eigenvalue weighted by atomic mass is 9.99. The standard InChI is InChI=1S/C12H16BrFO2/c1-3-12(15,4-2)8-16-9-5-6-10(13)11(14)7-9/h5-7,15H,3-4,8H2,1-2H3. The molecule has 1 rings (SSSR count). The van der Waals surface area contributed by atoms with Gasteiger partial charge >= 0.3 is 0 Å². The molecule has 0 radical (unpaired) electrons. The fourth-order valence-corrected chi connectivity index (χ4v) is 1.49. The predicted octanol–water partition coefficient (Wildman–Crippen LogP) is 3.52. The highest BCUT2D eigenvalue weighted by molar-refractivity contribution is 9.10. The Morgan fingerprint density at radius 3 is 2.50 bits per heavy atom. The molecular formula is C12H16BrFO2. The zero-order chi connectivity index (χ0) is 12.2. The summed E-state index contributed by atoms with van der Waals surface area (Å²) in [4.78, 5) is 0. The van der Waals surface area contributed by atoms with E-state index in [2.05, 4.69) is 15.9 Å². The van der Waals surface area contributed by atoms with Crippen molar-refractivity contribution in [2.45, 2.75) is 32.3 Å². The maximum absolute atomic E-state index is 13.2. The van der Waals surface area contributed by atoms with Crippen molar-refractivity contribution < 1.29 is 14.2 Å². The van der Waals surface area contributed by atoms with Crippen LogP contribution in [0, 0.1) is 5.82 Å². The predicted molar refractivity (Wildman–Crippen MR) is 65.1 cm³/mol. The number of aliphatic hydroxyl groups is 1. The van der Waals surface area contributed by atoms with Gasteiger partial charge < -0.3 is 9.84 Å². The first-order chi connectivity index (χ1) is 7.50. The Bertz CT molecular complexity index is 351. The molecule has 0 heterocycles. The minimum atomic E-state index is -0.830. The molecule has 0 saturated heterocycles. The number of ether oxygens (including phenoxy) is 1. The van der Waals surface area contributed by atoms with E-state index in [1.54, 1.807) is 12.1 Å². The first-order valence-electron chi connectivity index (χ1n) is 5.31. The Morgan fingerprint density at radius 1 is 1.38 bits per heavy atom. The van der Waals surface area contributed by atoms with Crippen molar-refractivity contribution in [1.29, 1.82) is 0 Å². The van der Waals surface area contributed by atoms with Crippen molar-refractivity contribution >= 4 is 15.9 Å². The van der Waals surface area contributed by atoms with Gasteiger partial charge in [0.1, 0.15) is 18.2 Å². The monoisotopic (exact) mass is 290 g/mol. The molecule has 0 fully saturated rings. The van der Waals surface area contributed by atoms with Crippen LogP contribution in [0.25, 0.3) is 0 Å². The molecule has 4 heteroatoms. The highest BCUT2D eigenvalue weighted by Gasteiger charge is 2.23. The van der Waals surface area contributed by atoms with E-state index in [4.69, 9.17) is 4.74 Å². The summed E-state index contributed by atoms with van der Waals surface area (Å²) in [6.07, 6.45) is 1.23. The van der Waals surface area contributed by atoms with E-state index in [9.17, 15) is 9.50 Å². The average Bonchev–Trinajstić information content (AvgIpc) is 2.30. The molecule has 0 aliphatic heterocycles. The van der Waals surface area contributed by atoms with Crippen LogP contribution in [0.4, 0.5) is 4.39 Å². The molecule has 90 valence electrons. The van der Waals surface area contributed by atoms with Gasteiger partial charge in [0.2, 0.25) is 0 Å². The Balaban J connectivity index is 2.64.